The predicted molar refractivity (Wildman–Crippen MR) is 95.9 cm³/mol. The van der Waals surface area contributed by atoms with E-state index in [4.69, 9.17) is 19.3 Å². The summed E-state index contributed by atoms with van der Waals surface area (Å²) in [5.74, 6) is 0.415. The van der Waals surface area contributed by atoms with Gasteiger partial charge in [0.2, 0.25) is 10.0 Å². The molecular formula is C16H22N4O8S. The van der Waals surface area contributed by atoms with Crippen molar-refractivity contribution in [3.8, 4) is 5.75 Å². The highest BCUT2D eigenvalue weighted by atomic mass is 32.2. The Morgan fingerprint density at radius 3 is 2.48 bits per heavy atom. The quantitative estimate of drug-likeness (QED) is 0.382. The second-order valence-electron chi connectivity index (χ2n) is 6.49. The van der Waals surface area contributed by atoms with Crippen molar-refractivity contribution in [2.75, 3.05) is 7.11 Å². The van der Waals surface area contributed by atoms with E-state index in [0.717, 1.165) is 0 Å². The van der Waals surface area contributed by atoms with Gasteiger partial charge in [-0.2, -0.15) is 0 Å². The summed E-state index contributed by atoms with van der Waals surface area (Å²) >= 11 is 0. The van der Waals surface area contributed by atoms with Crippen molar-refractivity contribution in [3.05, 3.63) is 36.2 Å². The Balaban J connectivity index is 1.58. The fourth-order valence-electron chi connectivity index (χ4n) is 2.82. The van der Waals surface area contributed by atoms with Crippen LogP contribution in [0.15, 0.2) is 35.4 Å². The summed E-state index contributed by atoms with van der Waals surface area (Å²) in [6.07, 6.45) is -4.52. The number of primary sulfonamides is 1. The second kappa shape index (κ2) is 8.71. The largest absolute Gasteiger partial charge is 0.487 e. The molecule has 0 amide bonds. The highest BCUT2D eigenvalue weighted by molar-refractivity contribution is 7.89. The molecule has 0 unspecified atom stereocenters. The van der Waals surface area contributed by atoms with Gasteiger partial charge in [0.1, 0.15) is 42.5 Å². The minimum absolute atomic E-state index is 0.0245. The summed E-state index contributed by atoms with van der Waals surface area (Å²) in [6.45, 7) is 0.117. The molecule has 160 valence electrons. The lowest BCUT2D eigenvalue weighted by molar-refractivity contribution is -0.292. The molecule has 1 aliphatic heterocycles. The van der Waals surface area contributed by atoms with Crippen LogP contribution in [-0.4, -0.2) is 76.5 Å². The van der Waals surface area contributed by atoms with Crippen molar-refractivity contribution in [3.63, 3.8) is 0 Å². The van der Waals surface area contributed by atoms with Crippen molar-refractivity contribution in [2.45, 2.75) is 48.8 Å². The molecule has 2 heterocycles. The number of aliphatic hydroxyl groups is 3. The first kappa shape index (κ1) is 21.6. The van der Waals surface area contributed by atoms with Gasteiger partial charge < -0.3 is 29.5 Å². The van der Waals surface area contributed by atoms with Gasteiger partial charge in [0.15, 0.2) is 6.29 Å². The summed E-state index contributed by atoms with van der Waals surface area (Å²) in [6, 6.07) is 5.59. The molecule has 1 aromatic heterocycles. The molecule has 0 spiro atoms. The Kier molecular flexibility index (Phi) is 6.48. The third-order valence-electron chi connectivity index (χ3n) is 4.39. The number of hydrogen-bond donors (Lipinski definition) is 4. The zero-order valence-corrected chi connectivity index (χ0v) is 16.2. The van der Waals surface area contributed by atoms with Crippen LogP contribution in [0.1, 0.15) is 5.69 Å². The molecule has 1 aliphatic rings. The fourth-order valence-corrected chi connectivity index (χ4v) is 3.34. The first-order chi connectivity index (χ1) is 13.7. The molecule has 5 atom stereocenters. The molecule has 2 aromatic rings. The van der Waals surface area contributed by atoms with Gasteiger partial charge in [-0.1, -0.05) is 5.21 Å². The van der Waals surface area contributed by atoms with Crippen LogP contribution in [0.2, 0.25) is 0 Å². The van der Waals surface area contributed by atoms with Crippen LogP contribution >= 0.6 is 0 Å². The van der Waals surface area contributed by atoms with E-state index >= 15 is 0 Å². The topological polar surface area (TPSA) is 179 Å². The SMILES string of the molecule is CO[C@@H]1O[C@H](Cn2cc(COc3ccc(S(N)(=O)=O)cc3)nn2)[C@@H](O)[C@H](O)[C@H]1O. The number of aromatic nitrogens is 3. The van der Waals surface area contributed by atoms with E-state index < -0.39 is 40.7 Å². The second-order valence-corrected chi connectivity index (χ2v) is 8.05. The molecule has 0 saturated carbocycles. The van der Waals surface area contributed by atoms with Crippen LogP contribution in [0.3, 0.4) is 0 Å². The molecule has 0 radical (unpaired) electrons. The van der Waals surface area contributed by atoms with Gasteiger partial charge in [0.05, 0.1) is 17.6 Å². The molecule has 12 nitrogen and oxygen atoms in total. The maximum absolute atomic E-state index is 11.2. The Morgan fingerprint density at radius 2 is 1.86 bits per heavy atom. The van der Waals surface area contributed by atoms with E-state index in [1.807, 2.05) is 0 Å². The zero-order chi connectivity index (χ0) is 21.2. The Hall–Kier alpha value is -2.13. The summed E-state index contributed by atoms with van der Waals surface area (Å²) in [5.41, 5.74) is 0.467. The summed E-state index contributed by atoms with van der Waals surface area (Å²) < 4.78 is 39.8. The number of benzene rings is 1. The van der Waals surface area contributed by atoms with Gasteiger partial charge in [-0.3, -0.25) is 0 Å². The third kappa shape index (κ3) is 5.08. The lowest BCUT2D eigenvalue weighted by Gasteiger charge is -2.39. The van der Waals surface area contributed by atoms with Crippen LogP contribution < -0.4 is 9.88 Å². The van der Waals surface area contributed by atoms with Crippen LogP contribution in [0.4, 0.5) is 0 Å². The van der Waals surface area contributed by atoms with E-state index in [1.54, 1.807) is 6.20 Å². The van der Waals surface area contributed by atoms with E-state index in [1.165, 1.54) is 36.1 Å². The van der Waals surface area contributed by atoms with Crippen LogP contribution in [0.25, 0.3) is 0 Å². The molecule has 1 saturated heterocycles. The fraction of sp³-hybridized carbons (Fsp3) is 0.500. The Labute approximate surface area is 166 Å². The van der Waals surface area contributed by atoms with E-state index in [2.05, 4.69) is 10.3 Å². The number of sulfonamides is 1. The van der Waals surface area contributed by atoms with Gasteiger partial charge in [-0.15, -0.1) is 5.10 Å². The molecule has 13 heteroatoms. The molecule has 1 aromatic carbocycles. The number of methoxy groups -OCH3 is 1. The number of ether oxygens (including phenoxy) is 3. The Morgan fingerprint density at radius 1 is 1.17 bits per heavy atom. The lowest BCUT2D eigenvalue weighted by Crippen LogP contribution is -2.58. The molecule has 3 rings (SSSR count). The van der Waals surface area contributed by atoms with Crippen LogP contribution in [0, 0.1) is 0 Å². The zero-order valence-electron chi connectivity index (χ0n) is 15.4. The molecule has 5 N–H and O–H groups in total. The lowest BCUT2D eigenvalue weighted by atomic mass is 9.99. The molecule has 29 heavy (non-hydrogen) atoms. The molecule has 0 aliphatic carbocycles. The first-order valence-electron chi connectivity index (χ1n) is 8.56. The smallest absolute Gasteiger partial charge is 0.238 e. The number of aliphatic hydroxyl groups excluding tert-OH is 3. The number of nitrogens with two attached hydrogens (primary N) is 1. The van der Waals surface area contributed by atoms with E-state index in [0.29, 0.717) is 11.4 Å². The predicted octanol–water partition coefficient (Wildman–Crippen LogP) is -2.04. The maximum Gasteiger partial charge on any atom is 0.238 e. The maximum atomic E-state index is 11.2. The summed E-state index contributed by atoms with van der Waals surface area (Å²) in [5, 5.41) is 42.7. The number of hydrogen-bond acceptors (Lipinski definition) is 10. The van der Waals surface area contributed by atoms with Crippen LogP contribution in [-0.2, 0) is 32.6 Å². The normalized spacial score (nSPS) is 27.7. The van der Waals surface area contributed by atoms with Crippen molar-refractivity contribution in [1.29, 1.82) is 0 Å². The van der Waals surface area contributed by atoms with Gasteiger partial charge >= 0.3 is 0 Å². The van der Waals surface area contributed by atoms with E-state index in [9.17, 15) is 23.7 Å². The van der Waals surface area contributed by atoms with Gasteiger partial charge in [-0.25, -0.2) is 18.2 Å². The van der Waals surface area contributed by atoms with Crippen LogP contribution in [0.5, 0.6) is 5.75 Å². The minimum Gasteiger partial charge on any atom is -0.487 e. The van der Waals surface area contributed by atoms with E-state index in [-0.39, 0.29) is 18.0 Å². The standard InChI is InChI=1S/C16H22N4O8S/c1-26-16-15(23)14(22)13(21)12(28-16)7-20-6-9(18-19-20)8-27-10-2-4-11(5-3-10)29(17,24)25/h2-6,12-16,21-23H,7-8H2,1H3,(H2,17,24,25)/t12-,13-,14+,15-,16-/m1/s1. The van der Waals surface area contributed by atoms with Gasteiger partial charge in [0, 0.05) is 7.11 Å². The average molecular weight is 430 g/mol. The minimum atomic E-state index is -3.77. The molecule has 0 bridgehead atoms. The first-order valence-corrected chi connectivity index (χ1v) is 10.1. The highest BCUT2D eigenvalue weighted by Gasteiger charge is 2.44. The van der Waals surface area contributed by atoms with Crippen molar-refractivity contribution in [2.24, 2.45) is 5.14 Å². The van der Waals surface area contributed by atoms with Crippen molar-refractivity contribution < 1.29 is 37.9 Å². The third-order valence-corrected chi connectivity index (χ3v) is 5.32. The van der Waals surface area contributed by atoms with Crippen molar-refractivity contribution in [1.82, 2.24) is 15.0 Å². The van der Waals surface area contributed by atoms with Gasteiger partial charge in [0.25, 0.3) is 0 Å². The highest BCUT2D eigenvalue weighted by Crippen LogP contribution is 2.23. The monoisotopic (exact) mass is 430 g/mol. The summed E-state index contributed by atoms with van der Waals surface area (Å²) in [4.78, 5) is -0.0245. The van der Waals surface area contributed by atoms with Gasteiger partial charge in [-0.05, 0) is 24.3 Å². The summed E-state index contributed by atoms with van der Waals surface area (Å²) in [7, 11) is -2.46. The Bertz CT molecular complexity index is 917. The molecular weight excluding hydrogens is 408 g/mol. The molecule has 1 fully saturated rings. The number of nitrogens with zero attached hydrogens (tertiary/aromatic N) is 3. The van der Waals surface area contributed by atoms with Crippen molar-refractivity contribution >= 4 is 10.0 Å². The average Bonchev–Trinajstić information content (AvgIpc) is 3.14. The number of rotatable bonds is 7.